The number of methoxy groups -OCH3 is 1. The molecule has 8 heteroatoms. The maximum Gasteiger partial charge on any atom is 0.314 e. The van der Waals surface area contributed by atoms with Crippen molar-refractivity contribution in [2.45, 2.75) is 20.3 Å². The summed E-state index contributed by atoms with van der Waals surface area (Å²) in [5.74, 6) is -0.110. The van der Waals surface area contributed by atoms with E-state index in [1.807, 2.05) is 38.1 Å². The quantitative estimate of drug-likeness (QED) is 0.510. The largest absolute Gasteiger partial charge is 0.496 e. The number of nitriles is 1. The van der Waals surface area contributed by atoms with E-state index in [2.05, 4.69) is 0 Å². The Balaban J connectivity index is 2.22. The van der Waals surface area contributed by atoms with E-state index in [-0.39, 0.29) is 24.4 Å². The normalized spacial score (nSPS) is 10.1. The molecular weight excluding hydrogens is 362 g/mol. The molecular formula is C20H21N3O5. The van der Waals surface area contributed by atoms with Crippen LogP contribution in [0.3, 0.4) is 0 Å². The molecule has 0 aromatic heterocycles. The number of benzene rings is 2. The fourth-order valence-electron chi connectivity index (χ4n) is 2.77. The molecule has 0 N–H and O–H groups in total. The van der Waals surface area contributed by atoms with E-state index >= 15 is 0 Å². The van der Waals surface area contributed by atoms with Crippen LogP contribution in [0.15, 0.2) is 36.4 Å². The van der Waals surface area contributed by atoms with Crippen molar-refractivity contribution in [3.05, 3.63) is 57.6 Å². The summed E-state index contributed by atoms with van der Waals surface area (Å²) in [7, 11) is 1.40. The maximum absolute atomic E-state index is 12.7. The number of nitro benzene ring substituents is 1. The third-order valence-electron chi connectivity index (χ3n) is 3.98. The second-order valence-electron chi connectivity index (χ2n) is 6.18. The minimum absolute atomic E-state index is 0.0280. The van der Waals surface area contributed by atoms with E-state index in [1.165, 1.54) is 30.2 Å². The Bertz CT molecular complexity index is 900. The average Bonchev–Trinajstić information content (AvgIpc) is 2.65. The molecule has 0 fully saturated rings. The van der Waals surface area contributed by atoms with Crippen molar-refractivity contribution in [1.29, 1.82) is 5.26 Å². The van der Waals surface area contributed by atoms with Gasteiger partial charge in [-0.25, -0.2) is 0 Å². The van der Waals surface area contributed by atoms with Gasteiger partial charge >= 0.3 is 5.69 Å². The predicted molar refractivity (Wildman–Crippen MR) is 104 cm³/mol. The number of aryl methyl sites for hydroxylation is 2. The van der Waals surface area contributed by atoms with Gasteiger partial charge in [-0.1, -0.05) is 6.07 Å². The van der Waals surface area contributed by atoms with Crippen LogP contribution in [0.1, 0.15) is 17.5 Å². The van der Waals surface area contributed by atoms with Crippen molar-refractivity contribution < 1.29 is 19.2 Å². The molecule has 0 saturated heterocycles. The van der Waals surface area contributed by atoms with Crippen LogP contribution in [-0.4, -0.2) is 31.1 Å². The van der Waals surface area contributed by atoms with Crippen LogP contribution >= 0.6 is 0 Å². The lowest BCUT2D eigenvalue weighted by Gasteiger charge is -2.23. The number of carbonyl (C=O) groups is 1. The summed E-state index contributed by atoms with van der Waals surface area (Å²) in [6, 6.07) is 11.8. The van der Waals surface area contributed by atoms with Crippen molar-refractivity contribution in [1.82, 2.24) is 0 Å². The van der Waals surface area contributed by atoms with Crippen LogP contribution in [0.4, 0.5) is 11.4 Å². The molecule has 0 atom stereocenters. The summed E-state index contributed by atoms with van der Waals surface area (Å²) in [4.78, 5) is 24.9. The molecule has 2 aromatic carbocycles. The second kappa shape index (κ2) is 9.37. The van der Waals surface area contributed by atoms with Gasteiger partial charge in [0.25, 0.3) is 5.91 Å². The van der Waals surface area contributed by atoms with Crippen molar-refractivity contribution in [2.75, 3.05) is 25.2 Å². The summed E-state index contributed by atoms with van der Waals surface area (Å²) in [5.41, 5.74) is 2.33. The second-order valence-corrected chi connectivity index (χ2v) is 6.18. The highest BCUT2D eigenvalue weighted by atomic mass is 16.6. The zero-order chi connectivity index (χ0) is 20.7. The van der Waals surface area contributed by atoms with E-state index in [1.54, 1.807) is 0 Å². The van der Waals surface area contributed by atoms with Gasteiger partial charge in [-0.3, -0.25) is 14.9 Å². The van der Waals surface area contributed by atoms with Gasteiger partial charge in [0.05, 0.1) is 30.6 Å². The van der Waals surface area contributed by atoms with E-state index in [4.69, 9.17) is 14.7 Å². The number of amides is 1. The number of rotatable bonds is 8. The van der Waals surface area contributed by atoms with Gasteiger partial charge in [0.1, 0.15) is 5.75 Å². The molecule has 0 bridgehead atoms. The molecule has 0 radical (unpaired) electrons. The molecule has 146 valence electrons. The summed E-state index contributed by atoms with van der Waals surface area (Å²) >= 11 is 0. The molecule has 0 aliphatic heterocycles. The highest BCUT2D eigenvalue weighted by Crippen LogP contribution is 2.31. The monoisotopic (exact) mass is 383 g/mol. The molecule has 0 heterocycles. The number of nitrogens with zero attached hydrogens (tertiary/aromatic N) is 3. The SMILES string of the molecule is COc1ccc(OCC(=O)N(CCC#N)c2cc(C)cc(C)c2)c([N+](=O)[O-])c1. The molecule has 1 amide bonds. The molecule has 0 saturated carbocycles. The maximum atomic E-state index is 12.7. The Morgan fingerprint density at radius 3 is 2.46 bits per heavy atom. The molecule has 0 aliphatic carbocycles. The third-order valence-corrected chi connectivity index (χ3v) is 3.98. The lowest BCUT2D eigenvalue weighted by molar-refractivity contribution is -0.385. The lowest BCUT2D eigenvalue weighted by atomic mass is 10.1. The first-order valence-electron chi connectivity index (χ1n) is 8.56. The smallest absolute Gasteiger partial charge is 0.314 e. The molecule has 8 nitrogen and oxygen atoms in total. The fourth-order valence-corrected chi connectivity index (χ4v) is 2.77. The Hall–Kier alpha value is -3.60. The van der Waals surface area contributed by atoms with Gasteiger partial charge in [-0.2, -0.15) is 5.26 Å². The third kappa shape index (κ3) is 5.20. The van der Waals surface area contributed by atoms with Crippen molar-refractivity contribution >= 4 is 17.3 Å². The van der Waals surface area contributed by atoms with Gasteiger partial charge < -0.3 is 14.4 Å². The molecule has 0 aliphatic rings. The topological polar surface area (TPSA) is 106 Å². The summed E-state index contributed by atoms with van der Waals surface area (Å²) < 4.78 is 10.4. The van der Waals surface area contributed by atoms with Gasteiger partial charge in [-0.15, -0.1) is 0 Å². The van der Waals surface area contributed by atoms with Gasteiger partial charge in [0, 0.05) is 12.2 Å². The van der Waals surface area contributed by atoms with E-state index < -0.39 is 17.4 Å². The van der Waals surface area contributed by atoms with Crippen molar-refractivity contribution in [3.63, 3.8) is 0 Å². The van der Waals surface area contributed by atoms with Gasteiger partial charge in [0.2, 0.25) is 0 Å². The number of hydrogen-bond acceptors (Lipinski definition) is 6. The molecule has 0 unspecified atom stereocenters. The summed E-state index contributed by atoms with van der Waals surface area (Å²) in [6.45, 7) is 3.64. The van der Waals surface area contributed by atoms with Crippen molar-refractivity contribution in [3.8, 4) is 17.6 Å². The first-order chi connectivity index (χ1) is 13.3. The zero-order valence-electron chi connectivity index (χ0n) is 16.0. The number of anilines is 1. The average molecular weight is 383 g/mol. The summed E-state index contributed by atoms with van der Waals surface area (Å²) in [6.07, 6.45) is 0.154. The number of nitro groups is 1. The molecule has 0 spiro atoms. The molecule has 2 rings (SSSR count). The highest BCUT2D eigenvalue weighted by molar-refractivity contribution is 5.94. The Labute approximate surface area is 163 Å². The Kier molecular flexibility index (Phi) is 6.93. The minimum Gasteiger partial charge on any atom is -0.496 e. The van der Waals surface area contributed by atoms with Crippen LogP contribution in [0.25, 0.3) is 0 Å². The van der Waals surface area contributed by atoms with Crippen molar-refractivity contribution in [2.24, 2.45) is 0 Å². The fraction of sp³-hybridized carbons (Fsp3) is 0.300. The molecule has 28 heavy (non-hydrogen) atoms. The lowest BCUT2D eigenvalue weighted by Crippen LogP contribution is -2.36. The minimum atomic E-state index is -0.598. The number of ether oxygens (including phenoxy) is 2. The van der Waals surface area contributed by atoms with Gasteiger partial charge in [0.15, 0.2) is 12.4 Å². The highest BCUT2D eigenvalue weighted by Gasteiger charge is 2.21. The van der Waals surface area contributed by atoms with Crippen LogP contribution in [-0.2, 0) is 4.79 Å². The van der Waals surface area contributed by atoms with Crippen LogP contribution in [0, 0.1) is 35.3 Å². The standard InChI is InChI=1S/C20H21N3O5/c1-14-9-15(2)11-16(10-14)22(8-4-7-21)20(24)13-28-19-6-5-17(27-3)12-18(19)23(25)26/h5-6,9-12H,4,8,13H2,1-3H3. The van der Waals surface area contributed by atoms with Crippen LogP contribution < -0.4 is 14.4 Å². The Morgan fingerprint density at radius 2 is 1.89 bits per heavy atom. The van der Waals surface area contributed by atoms with E-state index in [0.717, 1.165) is 11.1 Å². The van der Waals surface area contributed by atoms with E-state index in [0.29, 0.717) is 11.4 Å². The number of hydrogen-bond donors (Lipinski definition) is 0. The molecule has 2 aromatic rings. The zero-order valence-corrected chi connectivity index (χ0v) is 16.0. The summed E-state index contributed by atoms with van der Waals surface area (Å²) in [5, 5.41) is 20.1. The predicted octanol–water partition coefficient (Wildman–Crippen LogP) is 3.55. The first-order valence-corrected chi connectivity index (χ1v) is 8.56. The number of carbonyl (C=O) groups excluding carboxylic acids is 1. The van der Waals surface area contributed by atoms with E-state index in [9.17, 15) is 14.9 Å². The van der Waals surface area contributed by atoms with Crippen LogP contribution in [0.2, 0.25) is 0 Å². The van der Waals surface area contributed by atoms with Gasteiger partial charge in [-0.05, 0) is 49.2 Å². The first kappa shape index (κ1) is 20.7. The van der Waals surface area contributed by atoms with Crippen LogP contribution in [0.5, 0.6) is 11.5 Å². The Morgan fingerprint density at radius 1 is 1.21 bits per heavy atom.